The van der Waals surface area contributed by atoms with Crippen molar-refractivity contribution in [2.75, 3.05) is 13.1 Å². The second-order valence-corrected chi connectivity index (χ2v) is 4.69. The summed E-state index contributed by atoms with van der Waals surface area (Å²) in [7, 11) is 0. The smallest absolute Gasteiger partial charge is 0.123 e. The Morgan fingerprint density at radius 3 is 2.50 bits per heavy atom. The van der Waals surface area contributed by atoms with Gasteiger partial charge in [0.25, 0.3) is 0 Å². The number of benzene rings is 1. The van der Waals surface area contributed by atoms with Crippen LogP contribution in [-0.4, -0.2) is 18.0 Å². The lowest BCUT2D eigenvalue weighted by molar-refractivity contribution is 0.262. The fourth-order valence-electron chi connectivity index (χ4n) is 1.64. The largest absolute Gasteiger partial charge is 0.285 e. The van der Waals surface area contributed by atoms with Crippen molar-refractivity contribution in [3.63, 3.8) is 0 Å². The lowest BCUT2D eigenvalue weighted by Crippen LogP contribution is -2.27. The van der Waals surface area contributed by atoms with Gasteiger partial charge in [0.15, 0.2) is 0 Å². The lowest BCUT2D eigenvalue weighted by Gasteiger charge is -2.24. The molecule has 1 aromatic rings. The highest BCUT2D eigenvalue weighted by molar-refractivity contribution is 9.10. The van der Waals surface area contributed by atoms with Crippen molar-refractivity contribution in [3.05, 3.63) is 33.3 Å². The monoisotopic (exact) mass is 300 g/mol. The van der Waals surface area contributed by atoms with Gasteiger partial charge in [-0.15, -0.1) is 0 Å². The highest BCUT2D eigenvalue weighted by Gasteiger charge is 2.17. The van der Waals surface area contributed by atoms with E-state index >= 15 is 0 Å². The van der Waals surface area contributed by atoms with Crippen LogP contribution in [0.15, 0.2) is 22.7 Å². The molecule has 0 aliphatic heterocycles. The number of nitrogens with zero attached hydrogens (tertiary/aromatic N) is 2. The molecule has 0 radical (unpaired) electrons. The van der Waals surface area contributed by atoms with E-state index in [4.69, 9.17) is 11.6 Å². The Bertz CT molecular complexity index is 396. The Labute approximate surface area is 110 Å². The first kappa shape index (κ1) is 13.5. The van der Waals surface area contributed by atoms with Gasteiger partial charge in [-0.05, 0) is 46.7 Å². The molecular formula is C12H14BrClN2. The molecule has 0 heterocycles. The summed E-state index contributed by atoms with van der Waals surface area (Å²) in [4.78, 5) is 2.11. The van der Waals surface area contributed by atoms with Crippen molar-refractivity contribution < 1.29 is 0 Å². The molecule has 0 saturated carbocycles. The van der Waals surface area contributed by atoms with Crippen molar-refractivity contribution in [3.8, 4) is 6.07 Å². The van der Waals surface area contributed by atoms with E-state index in [-0.39, 0.29) is 6.04 Å². The Kier molecular flexibility index (Phi) is 5.27. The van der Waals surface area contributed by atoms with Gasteiger partial charge in [-0.1, -0.05) is 31.5 Å². The molecule has 0 aromatic heterocycles. The first-order valence-corrected chi connectivity index (χ1v) is 6.39. The second kappa shape index (κ2) is 6.24. The van der Waals surface area contributed by atoms with Gasteiger partial charge in [0.2, 0.25) is 0 Å². The third-order valence-electron chi connectivity index (χ3n) is 2.56. The molecule has 0 amide bonds. The summed E-state index contributed by atoms with van der Waals surface area (Å²) >= 11 is 9.31. The molecule has 4 heteroatoms. The van der Waals surface area contributed by atoms with Crippen molar-refractivity contribution in [1.29, 1.82) is 5.26 Å². The Balaban J connectivity index is 3.05. The van der Waals surface area contributed by atoms with Gasteiger partial charge in [-0.2, -0.15) is 5.26 Å². The predicted octanol–water partition coefficient (Wildman–Crippen LogP) is 4.01. The van der Waals surface area contributed by atoms with E-state index in [0.717, 1.165) is 23.1 Å². The third kappa shape index (κ3) is 2.98. The van der Waals surface area contributed by atoms with Gasteiger partial charge < -0.3 is 0 Å². The molecule has 2 nitrogen and oxygen atoms in total. The normalized spacial score (nSPS) is 12.5. The average Bonchev–Trinajstić information content (AvgIpc) is 2.29. The highest BCUT2D eigenvalue weighted by Crippen LogP contribution is 2.28. The molecule has 0 N–H and O–H groups in total. The van der Waals surface area contributed by atoms with E-state index in [1.54, 1.807) is 0 Å². The predicted molar refractivity (Wildman–Crippen MR) is 70.4 cm³/mol. The standard InChI is InChI=1S/C12H14BrClN2/c1-3-16(4-2)12(8-15)9-5-6-11(14)10(13)7-9/h5-7,12H,3-4H2,1-2H3. The molecule has 1 rings (SSSR count). The number of rotatable bonds is 4. The molecule has 1 unspecified atom stereocenters. The molecule has 0 bridgehead atoms. The van der Waals surface area contributed by atoms with Crippen molar-refractivity contribution >= 4 is 27.5 Å². The molecule has 1 atom stereocenters. The van der Waals surface area contributed by atoms with Gasteiger partial charge in [-0.25, -0.2) is 0 Å². The minimum Gasteiger partial charge on any atom is -0.285 e. The summed E-state index contributed by atoms with van der Waals surface area (Å²) in [6.45, 7) is 5.82. The molecule has 0 aliphatic carbocycles. The average molecular weight is 302 g/mol. The molecule has 1 aromatic carbocycles. The van der Waals surface area contributed by atoms with Crippen LogP contribution in [0.2, 0.25) is 5.02 Å². The molecule has 86 valence electrons. The fraction of sp³-hybridized carbons (Fsp3) is 0.417. The number of hydrogen-bond acceptors (Lipinski definition) is 2. The van der Waals surface area contributed by atoms with Crippen LogP contribution in [0.4, 0.5) is 0 Å². The lowest BCUT2D eigenvalue weighted by atomic mass is 10.1. The zero-order chi connectivity index (χ0) is 12.1. The number of halogens is 2. The zero-order valence-electron chi connectivity index (χ0n) is 9.37. The maximum absolute atomic E-state index is 9.23. The Hall–Kier alpha value is -0.560. The molecule has 0 aliphatic rings. The van der Waals surface area contributed by atoms with E-state index in [0.29, 0.717) is 5.02 Å². The summed E-state index contributed by atoms with van der Waals surface area (Å²) in [5.74, 6) is 0. The van der Waals surface area contributed by atoms with Crippen LogP contribution in [0.3, 0.4) is 0 Å². The maximum atomic E-state index is 9.23. The van der Waals surface area contributed by atoms with Gasteiger partial charge >= 0.3 is 0 Å². The first-order valence-electron chi connectivity index (χ1n) is 5.22. The minimum absolute atomic E-state index is 0.205. The number of nitriles is 1. The SMILES string of the molecule is CCN(CC)C(C#N)c1ccc(Cl)c(Br)c1. The van der Waals surface area contributed by atoms with Crippen LogP contribution in [0.5, 0.6) is 0 Å². The maximum Gasteiger partial charge on any atom is 0.123 e. The zero-order valence-corrected chi connectivity index (χ0v) is 11.7. The van der Waals surface area contributed by atoms with Crippen LogP contribution < -0.4 is 0 Å². The van der Waals surface area contributed by atoms with Crippen LogP contribution in [0.1, 0.15) is 25.5 Å². The van der Waals surface area contributed by atoms with Crippen LogP contribution >= 0.6 is 27.5 Å². The second-order valence-electron chi connectivity index (χ2n) is 3.43. The van der Waals surface area contributed by atoms with Crippen LogP contribution in [-0.2, 0) is 0 Å². The Morgan fingerprint density at radius 1 is 1.44 bits per heavy atom. The molecule has 16 heavy (non-hydrogen) atoms. The van der Waals surface area contributed by atoms with Crippen molar-refractivity contribution in [2.24, 2.45) is 0 Å². The molecule has 0 spiro atoms. The van der Waals surface area contributed by atoms with Gasteiger partial charge in [0, 0.05) is 4.47 Å². The van der Waals surface area contributed by atoms with Gasteiger partial charge in [-0.3, -0.25) is 4.90 Å². The van der Waals surface area contributed by atoms with E-state index in [1.165, 1.54) is 0 Å². The van der Waals surface area contributed by atoms with Crippen molar-refractivity contribution in [2.45, 2.75) is 19.9 Å². The molecular weight excluding hydrogens is 288 g/mol. The van der Waals surface area contributed by atoms with Gasteiger partial charge in [0.05, 0.1) is 11.1 Å². The molecule has 0 fully saturated rings. The molecule has 0 saturated heterocycles. The van der Waals surface area contributed by atoms with E-state index < -0.39 is 0 Å². The third-order valence-corrected chi connectivity index (χ3v) is 3.77. The highest BCUT2D eigenvalue weighted by atomic mass is 79.9. The summed E-state index contributed by atoms with van der Waals surface area (Å²) in [5, 5.41) is 9.90. The van der Waals surface area contributed by atoms with E-state index in [2.05, 4.69) is 40.7 Å². The quantitative estimate of drug-likeness (QED) is 0.840. The topological polar surface area (TPSA) is 27.0 Å². The number of hydrogen-bond donors (Lipinski definition) is 0. The summed E-state index contributed by atoms with van der Waals surface area (Å²) < 4.78 is 0.832. The minimum atomic E-state index is -0.205. The van der Waals surface area contributed by atoms with E-state index in [1.807, 2.05) is 18.2 Å². The summed E-state index contributed by atoms with van der Waals surface area (Å²) in [6.07, 6.45) is 0. The van der Waals surface area contributed by atoms with Crippen LogP contribution in [0.25, 0.3) is 0 Å². The van der Waals surface area contributed by atoms with E-state index in [9.17, 15) is 5.26 Å². The summed E-state index contributed by atoms with van der Waals surface area (Å²) in [5.41, 5.74) is 0.975. The first-order chi connectivity index (χ1) is 7.63. The van der Waals surface area contributed by atoms with Crippen molar-refractivity contribution in [1.82, 2.24) is 4.90 Å². The van der Waals surface area contributed by atoms with Gasteiger partial charge in [0.1, 0.15) is 6.04 Å². The van der Waals surface area contributed by atoms with Crippen LogP contribution in [0, 0.1) is 11.3 Å². The fourth-order valence-corrected chi connectivity index (χ4v) is 2.15. The summed E-state index contributed by atoms with van der Waals surface area (Å²) in [6, 6.07) is 7.75. The Morgan fingerprint density at radius 2 is 2.06 bits per heavy atom.